The Morgan fingerprint density at radius 3 is 2.79 bits per heavy atom. The van der Waals surface area contributed by atoms with Crippen molar-refractivity contribution in [3.05, 3.63) is 29.6 Å². The van der Waals surface area contributed by atoms with Gasteiger partial charge >= 0.3 is 0 Å². The van der Waals surface area contributed by atoms with Gasteiger partial charge in [0.15, 0.2) is 0 Å². The number of carbonyl (C=O) groups excluding carboxylic acids is 1. The van der Waals surface area contributed by atoms with Crippen LogP contribution in [-0.4, -0.2) is 10.8 Å². The lowest BCUT2D eigenvalue weighted by Crippen LogP contribution is -2.08. The predicted octanol–water partition coefficient (Wildman–Crippen LogP) is 2.55. The van der Waals surface area contributed by atoms with E-state index >= 15 is 0 Å². The first-order valence-corrected chi connectivity index (χ1v) is 5.01. The van der Waals surface area contributed by atoms with E-state index in [0.29, 0.717) is 18.8 Å². The van der Waals surface area contributed by atoms with Gasteiger partial charge in [0.1, 0.15) is 5.78 Å². The molecule has 0 spiro atoms. The number of Topliss-reactive ketones (excluding diaryl/α,β-unsaturated/α-hetero) is 1. The maximum absolute atomic E-state index is 11.5. The highest BCUT2D eigenvalue weighted by atomic mass is 16.1. The minimum Gasteiger partial charge on any atom is -0.299 e. The molecule has 0 atom stereocenters. The first kappa shape index (κ1) is 10.9. The van der Waals surface area contributed by atoms with Crippen LogP contribution in [-0.2, 0) is 11.2 Å². The third-order valence-electron chi connectivity index (χ3n) is 2.12. The summed E-state index contributed by atoms with van der Waals surface area (Å²) in [4.78, 5) is 15.7. The molecule has 0 bridgehead atoms. The van der Waals surface area contributed by atoms with Crippen LogP contribution >= 0.6 is 0 Å². The minimum absolute atomic E-state index is 0.279. The fraction of sp³-hybridized carbons (Fsp3) is 0.500. The molecule has 2 nitrogen and oxygen atoms in total. The molecule has 0 aliphatic rings. The number of carbonyl (C=O) groups is 1. The van der Waals surface area contributed by atoms with Crippen LogP contribution in [0, 0.1) is 12.8 Å². The summed E-state index contributed by atoms with van der Waals surface area (Å²) in [6, 6.07) is 3.89. The molecule has 14 heavy (non-hydrogen) atoms. The van der Waals surface area contributed by atoms with Crippen LogP contribution in [0.4, 0.5) is 0 Å². The van der Waals surface area contributed by atoms with Crippen LogP contribution in [0.25, 0.3) is 0 Å². The van der Waals surface area contributed by atoms with Crippen molar-refractivity contribution in [3.8, 4) is 0 Å². The van der Waals surface area contributed by atoms with Gasteiger partial charge in [-0.15, -0.1) is 0 Å². The third kappa shape index (κ3) is 3.29. The van der Waals surface area contributed by atoms with Crippen molar-refractivity contribution in [2.24, 2.45) is 5.92 Å². The van der Waals surface area contributed by atoms with E-state index in [4.69, 9.17) is 0 Å². The topological polar surface area (TPSA) is 30.0 Å². The second-order valence-electron chi connectivity index (χ2n) is 4.08. The van der Waals surface area contributed by atoms with Gasteiger partial charge in [-0.25, -0.2) is 0 Å². The summed E-state index contributed by atoms with van der Waals surface area (Å²) < 4.78 is 0. The number of hydrogen-bond acceptors (Lipinski definition) is 2. The average molecular weight is 191 g/mol. The van der Waals surface area contributed by atoms with E-state index < -0.39 is 0 Å². The van der Waals surface area contributed by atoms with E-state index in [0.717, 1.165) is 11.3 Å². The van der Waals surface area contributed by atoms with Crippen molar-refractivity contribution in [2.45, 2.75) is 33.6 Å². The molecule has 0 saturated heterocycles. The molecule has 0 aliphatic heterocycles. The average Bonchev–Trinajstić information content (AvgIpc) is 2.07. The normalized spacial score (nSPS) is 10.6. The summed E-state index contributed by atoms with van der Waals surface area (Å²) in [5, 5.41) is 0. The van der Waals surface area contributed by atoms with E-state index in [1.165, 1.54) is 0 Å². The summed E-state index contributed by atoms with van der Waals surface area (Å²) in [6.07, 6.45) is 2.87. The van der Waals surface area contributed by atoms with Crippen molar-refractivity contribution < 1.29 is 4.79 Å². The van der Waals surface area contributed by atoms with Gasteiger partial charge in [-0.05, 0) is 24.5 Å². The van der Waals surface area contributed by atoms with E-state index in [9.17, 15) is 4.79 Å². The van der Waals surface area contributed by atoms with Crippen molar-refractivity contribution in [1.29, 1.82) is 0 Å². The molecule has 0 amide bonds. The molecule has 0 N–H and O–H groups in total. The molecule has 0 radical (unpaired) electrons. The second kappa shape index (κ2) is 4.89. The van der Waals surface area contributed by atoms with Gasteiger partial charge in [0, 0.05) is 19.0 Å². The molecule has 0 saturated carbocycles. The molecule has 76 valence electrons. The summed E-state index contributed by atoms with van der Waals surface area (Å²) in [7, 11) is 0. The molecule has 0 unspecified atom stereocenters. The molecule has 0 fully saturated rings. The third-order valence-corrected chi connectivity index (χ3v) is 2.12. The minimum atomic E-state index is 0.279. The summed E-state index contributed by atoms with van der Waals surface area (Å²) in [6.45, 7) is 6.11. The fourth-order valence-corrected chi connectivity index (χ4v) is 1.42. The summed E-state index contributed by atoms with van der Waals surface area (Å²) in [5.41, 5.74) is 2.02. The molecule has 1 heterocycles. The Morgan fingerprint density at radius 1 is 1.50 bits per heavy atom. The predicted molar refractivity (Wildman–Crippen MR) is 57.1 cm³/mol. The fourth-order valence-electron chi connectivity index (χ4n) is 1.42. The zero-order valence-electron chi connectivity index (χ0n) is 9.08. The number of nitrogens with zero attached hydrogens (tertiary/aromatic N) is 1. The standard InChI is InChI=1S/C12H17NO/c1-9(2)7-11(14)8-12-10(3)5-4-6-13-12/h4-6,9H,7-8H2,1-3H3. The first-order valence-electron chi connectivity index (χ1n) is 5.01. The van der Waals surface area contributed by atoms with Gasteiger partial charge in [-0.2, -0.15) is 0 Å². The lowest BCUT2D eigenvalue weighted by molar-refractivity contribution is -0.119. The highest BCUT2D eigenvalue weighted by Gasteiger charge is 2.08. The highest BCUT2D eigenvalue weighted by Crippen LogP contribution is 2.08. The Hall–Kier alpha value is -1.18. The Balaban J connectivity index is 2.61. The van der Waals surface area contributed by atoms with Crippen molar-refractivity contribution in [1.82, 2.24) is 4.98 Å². The van der Waals surface area contributed by atoms with Crippen LogP contribution < -0.4 is 0 Å². The Bertz CT molecular complexity index is 318. The molecular formula is C12H17NO. The van der Waals surface area contributed by atoms with Gasteiger partial charge in [-0.3, -0.25) is 9.78 Å². The Labute approximate surface area is 85.4 Å². The van der Waals surface area contributed by atoms with Gasteiger partial charge in [-0.1, -0.05) is 19.9 Å². The van der Waals surface area contributed by atoms with Gasteiger partial charge in [0.05, 0.1) is 5.69 Å². The van der Waals surface area contributed by atoms with Crippen LogP contribution in [0.5, 0.6) is 0 Å². The van der Waals surface area contributed by atoms with E-state index in [2.05, 4.69) is 18.8 Å². The zero-order chi connectivity index (χ0) is 10.6. The zero-order valence-corrected chi connectivity index (χ0v) is 9.08. The second-order valence-corrected chi connectivity index (χ2v) is 4.08. The van der Waals surface area contributed by atoms with E-state index in [1.54, 1.807) is 6.20 Å². The lowest BCUT2D eigenvalue weighted by Gasteiger charge is -2.05. The quantitative estimate of drug-likeness (QED) is 0.732. The molecule has 1 aromatic heterocycles. The monoisotopic (exact) mass is 191 g/mol. The largest absolute Gasteiger partial charge is 0.299 e. The Kier molecular flexibility index (Phi) is 3.81. The van der Waals surface area contributed by atoms with Crippen molar-refractivity contribution >= 4 is 5.78 Å². The lowest BCUT2D eigenvalue weighted by atomic mass is 10.0. The number of ketones is 1. The number of aromatic nitrogens is 1. The smallest absolute Gasteiger partial charge is 0.139 e. The Morgan fingerprint density at radius 2 is 2.21 bits per heavy atom. The van der Waals surface area contributed by atoms with Gasteiger partial charge in [0.2, 0.25) is 0 Å². The van der Waals surface area contributed by atoms with Crippen LogP contribution in [0.15, 0.2) is 18.3 Å². The van der Waals surface area contributed by atoms with Gasteiger partial charge < -0.3 is 0 Å². The summed E-state index contributed by atoms with van der Waals surface area (Å²) in [5.74, 6) is 0.716. The van der Waals surface area contributed by atoms with E-state index in [1.807, 2.05) is 19.1 Å². The molecular weight excluding hydrogens is 174 g/mol. The van der Waals surface area contributed by atoms with Crippen LogP contribution in [0.2, 0.25) is 0 Å². The molecule has 2 heteroatoms. The van der Waals surface area contributed by atoms with Crippen LogP contribution in [0.3, 0.4) is 0 Å². The number of aryl methyl sites for hydroxylation is 1. The molecule has 1 aromatic rings. The van der Waals surface area contributed by atoms with Crippen molar-refractivity contribution in [2.75, 3.05) is 0 Å². The SMILES string of the molecule is Cc1cccnc1CC(=O)CC(C)C. The highest BCUT2D eigenvalue weighted by molar-refractivity contribution is 5.80. The van der Waals surface area contributed by atoms with Crippen LogP contribution in [0.1, 0.15) is 31.5 Å². The molecule has 0 aliphatic carbocycles. The number of rotatable bonds is 4. The maximum Gasteiger partial charge on any atom is 0.139 e. The number of pyridine rings is 1. The van der Waals surface area contributed by atoms with E-state index in [-0.39, 0.29) is 5.78 Å². The maximum atomic E-state index is 11.5. The molecule has 1 rings (SSSR count). The van der Waals surface area contributed by atoms with Gasteiger partial charge in [0.25, 0.3) is 0 Å². The molecule has 0 aromatic carbocycles. The van der Waals surface area contributed by atoms with Crippen molar-refractivity contribution in [3.63, 3.8) is 0 Å². The number of hydrogen-bond donors (Lipinski definition) is 0. The summed E-state index contributed by atoms with van der Waals surface area (Å²) >= 11 is 0. The first-order chi connectivity index (χ1) is 6.59.